The van der Waals surface area contributed by atoms with E-state index in [4.69, 9.17) is 25.8 Å². The Balaban J connectivity index is 2.78. The van der Waals surface area contributed by atoms with Gasteiger partial charge in [0, 0.05) is 20.2 Å². The molecule has 0 aromatic heterocycles. The van der Waals surface area contributed by atoms with Crippen molar-refractivity contribution in [3.05, 3.63) is 28.3 Å². The van der Waals surface area contributed by atoms with Crippen molar-refractivity contribution in [3.8, 4) is 11.5 Å². The molecule has 4 nitrogen and oxygen atoms in total. The van der Waals surface area contributed by atoms with E-state index in [0.717, 1.165) is 18.7 Å². The predicted molar refractivity (Wildman–Crippen MR) is 83.0 cm³/mol. The quantitative estimate of drug-likeness (QED) is 0.749. The largest absolute Gasteiger partial charge is 0.493 e. The van der Waals surface area contributed by atoms with Crippen LogP contribution in [0.2, 0.25) is 5.02 Å². The Morgan fingerprint density at radius 3 is 2.60 bits per heavy atom. The highest BCUT2D eigenvalue weighted by molar-refractivity contribution is 6.32. The molecule has 112 valence electrons. The van der Waals surface area contributed by atoms with Gasteiger partial charge in [0.1, 0.15) is 0 Å². The van der Waals surface area contributed by atoms with Crippen molar-refractivity contribution in [2.45, 2.75) is 6.92 Å². The maximum Gasteiger partial charge on any atom is 0.179 e. The Bertz CT molecular complexity index is 461. The van der Waals surface area contributed by atoms with E-state index in [1.165, 1.54) is 5.57 Å². The SMILES string of the molecule is COCCNCC(C)=Cc1cc(Cl)c(OC)c(OC)c1. The molecule has 0 unspecified atom stereocenters. The summed E-state index contributed by atoms with van der Waals surface area (Å²) in [7, 11) is 4.86. The number of rotatable bonds is 8. The molecule has 0 amide bonds. The molecule has 0 bridgehead atoms. The molecule has 1 aromatic rings. The molecule has 0 saturated carbocycles. The summed E-state index contributed by atoms with van der Waals surface area (Å²) in [5.74, 6) is 1.19. The molecule has 0 aliphatic rings. The first-order valence-electron chi connectivity index (χ1n) is 6.40. The minimum Gasteiger partial charge on any atom is -0.493 e. The lowest BCUT2D eigenvalue weighted by atomic mass is 10.1. The molecule has 0 spiro atoms. The van der Waals surface area contributed by atoms with Crippen molar-refractivity contribution in [1.82, 2.24) is 5.32 Å². The number of halogens is 1. The third-order valence-electron chi connectivity index (χ3n) is 2.76. The summed E-state index contributed by atoms with van der Waals surface area (Å²) in [5.41, 5.74) is 2.18. The first kappa shape index (κ1) is 16.8. The van der Waals surface area contributed by atoms with Crippen LogP contribution in [0.1, 0.15) is 12.5 Å². The van der Waals surface area contributed by atoms with Gasteiger partial charge in [0.05, 0.1) is 25.8 Å². The normalized spacial score (nSPS) is 11.6. The number of methoxy groups -OCH3 is 3. The van der Waals surface area contributed by atoms with Gasteiger partial charge < -0.3 is 19.5 Å². The Labute approximate surface area is 125 Å². The molecule has 0 heterocycles. The molecule has 0 aliphatic carbocycles. The fourth-order valence-corrected chi connectivity index (χ4v) is 2.11. The molecule has 1 aromatic carbocycles. The van der Waals surface area contributed by atoms with Crippen LogP contribution in [-0.4, -0.2) is 41.0 Å². The molecule has 0 radical (unpaired) electrons. The van der Waals surface area contributed by atoms with Crippen molar-refractivity contribution in [2.24, 2.45) is 0 Å². The highest BCUT2D eigenvalue weighted by Gasteiger charge is 2.09. The highest BCUT2D eigenvalue weighted by Crippen LogP contribution is 2.36. The third-order valence-corrected chi connectivity index (χ3v) is 3.04. The monoisotopic (exact) mass is 299 g/mol. The topological polar surface area (TPSA) is 39.7 Å². The zero-order valence-electron chi connectivity index (χ0n) is 12.5. The van der Waals surface area contributed by atoms with Gasteiger partial charge in [0.25, 0.3) is 0 Å². The zero-order chi connectivity index (χ0) is 15.0. The Morgan fingerprint density at radius 1 is 1.25 bits per heavy atom. The maximum atomic E-state index is 6.18. The van der Waals surface area contributed by atoms with E-state index in [2.05, 4.69) is 18.3 Å². The maximum absolute atomic E-state index is 6.18. The average Bonchev–Trinajstić information content (AvgIpc) is 2.43. The summed E-state index contributed by atoms with van der Waals surface area (Å²) in [6, 6.07) is 3.77. The summed E-state index contributed by atoms with van der Waals surface area (Å²) in [6.07, 6.45) is 2.06. The van der Waals surface area contributed by atoms with E-state index in [9.17, 15) is 0 Å². The van der Waals surface area contributed by atoms with E-state index in [0.29, 0.717) is 23.1 Å². The number of hydrogen-bond donors (Lipinski definition) is 1. The van der Waals surface area contributed by atoms with Crippen LogP contribution in [-0.2, 0) is 4.74 Å². The second-order valence-electron chi connectivity index (χ2n) is 4.40. The van der Waals surface area contributed by atoms with Crippen molar-refractivity contribution in [1.29, 1.82) is 0 Å². The second kappa shape index (κ2) is 8.84. The average molecular weight is 300 g/mol. The van der Waals surface area contributed by atoms with Gasteiger partial charge in [0.2, 0.25) is 0 Å². The van der Waals surface area contributed by atoms with Crippen LogP contribution in [0.3, 0.4) is 0 Å². The Morgan fingerprint density at radius 2 is 2.00 bits per heavy atom. The lowest BCUT2D eigenvalue weighted by Gasteiger charge is -2.11. The van der Waals surface area contributed by atoms with E-state index < -0.39 is 0 Å². The lowest BCUT2D eigenvalue weighted by molar-refractivity contribution is 0.200. The van der Waals surface area contributed by atoms with Crippen molar-refractivity contribution in [3.63, 3.8) is 0 Å². The van der Waals surface area contributed by atoms with Crippen LogP contribution in [0.5, 0.6) is 11.5 Å². The van der Waals surface area contributed by atoms with Crippen molar-refractivity contribution in [2.75, 3.05) is 41.0 Å². The number of benzene rings is 1. The van der Waals surface area contributed by atoms with Crippen LogP contribution >= 0.6 is 11.6 Å². The smallest absolute Gasteiger partial charge is 0.179 e. The molecule has 1 rings (SSSR count). The van der Waals surface area contributed by atoms with Crippen LogP contribution in [0.25, 0.3) is 6.08 Å². The summed E-state index contributed by atoms with van der Waals surface area (Å²) in [6.45, 7) is 4.39. The minimum absolute atomic E-state index is 0.540. The third kappa shape index (κ3) is 5.04. The van der Waals surface area contributed by atoms with Gasteiger partial charge in [-0.05, 0) is 24.6 Å². The van der Waals surface area contributed by atoms with Crippen LogP contribution in [0, 0.1) is 0 Å². The number of nitrogens with one attached hydrogen (secondary N) is 1. The summed E-state index contributed by atoms with van der Waals surface area (Å²) < 4.78 is 15.5. The molecule has 5 heteroatoms. The second-order valence-corrected chi connectivity index (χ2v) is 4.81. The fraction of sp³-hybridized carbons (Fsp3) is 0.467. The molecule has 20 heavy (non-hydrogen) atoms. The van der Waals surface area contributed by atoms with Crippen LogP contribution in [0.15, 0.2) is 17.7 Å². The predicted octanol–water partition coefficient (Wildman–Crippen LogP) is 3.00. The Hall–Kier alpha value is -1.23. The molecule has 1 N–H and O–H groups in total. The molecular formula is C15H22ClNO3. The molecule has 0 aliphatic heterocycles. The first-order chi connectivity index (χ1) is 9.62. The van der Waals surface area contributed by atoms with E-state index in [-0.39, 0.29) is 0 Å². The zero-order valence-corrected chi connectivity index (χ0v) is 13.2. The van der Waals surface area contributed by atoms with Gasteiger partial charge in [0.15, 0.2) is 11.5 Å². The summed E-state index contributed by atoms with van der Waals surface area (Å²) in [5, 5.41) is 3.83. The van der Waals surface area contributed by atoms with Gasteiger partial charge in [-0.3, -0.25) is 0 Å². The minimum atomic E-state index is 0.540. The van der Waals surface area contributed by atoms with Gasteiger partial charge in [-0.15, -0.1) is 0 Å². The van der Waals surface area contributed by atoms with Crippen molar-refractivity contribution < 1.29 is 14.2 Å². The van der Waals surface area contributed by atoms with E-state index in [1.807, 2.05) is 12.1 Å². The fourth-order valence-electron chi connectivity index (χ4n) is 1.82. The van der Waals surface area contributed by atoms with Crippen LogP contribution < -0.4 is 14.8 Å². The summed E-state index contributed by atoms with van der Waals surface area (Å²) in [4.78, 5) is 0. The van der Waals surface area contributed by atoms with Crippen molar-refractivity contribution >= 4 is 17.7 Å². The molecule has 0 saturated heterocycles. The molecule has 0 atom stereocenters. The lowest BCUT2D eigenvalue weighted by Crippen LogP contribution is -2.20. The number of hydrogen-bond acceptors (Lipinski definition) is 4. The molecular weight excluding hydrogens is 278 g/mol. The van der Waals surface area contributed by atoms with Gasteiger partial charge >= 0.3 is 0 Å². The van der Waals surface area contributed by atoms with Crippen LogP contribution in [0.4, 0.5) is 0 Å². The van der Waals surface area contributed by atoms with Gasteiger partial charge in [-0.25, -0.2) is 0 Å². The molecule has 0 fully saturated rings. The van der Waals surface area contributed by atoms with E-state index in [1.54, 1.807) is 21.3 Å². The van der Waals surface area contributed by atoms with Gasteiger partial charge in [-0.2, -0.15) is 0 Å². The Kier molecular flexibility index (Phi) is 7.44. The summed E-state index contributed by atoms with van der Waals surface area (Å²) >= 11 is 6.18. The first-order valence-corrected chi connectivity index (χ1v) is 6.78. The van der Waals surface area contributed by atoms with Gasteiger partial charge in [-0.1, -0.05) is 23.3 Å². The van der Waals surface area contributed by atoms with E-state index >= 15 is 0 Å². The highest BCUT2D eigenvalue weighted by atomic mass is 35.5. The standard InChI is InChI=1S/C15H22ClNO3/c1-11(10-17-5-6-18-2)7-12-8-13(16)15(20-4)14(9-12)19-3/h7-9,17H,5-6,10H2,1-4H3. The number of ether oxygens (including phenoxy) is 3.